The first-order chi connectivity index (χ1) is 8.58. The van der Waals surface area contributed by atoms with Gasteiger partial charge < -0.3 is 19.5 Å². The van der Waals surface area contributed by atoms with E-state index >= 15 is 0 Å². The van der Waals surface area contributed by atoms with Gasteiger partial charge in [-0.2, -0.15) is 4.98 Å². The van der Waals surface area contributed by atoms with Gasteiger partial charge in [-0.1, -0.05) is 19.1 Å². The van der Waals surface area contributed by atoms with Crippen molar-refractivity contribution < 1.29 is 14.6 Å². The highest BCUT2D eigenvalue weighted by Gasteiger charge is 2.26. The van der Waals surface area contributed by atoms with Crippen LogP contribution in [0, 0.1) is 5.41 Å². The van der Waals surface area contributed by atoms with Gasteiger partial charge in [0.25, 0.3) is 6.01 Å². The number of rotatable bonds is 5. The Morgan fingerprint density at radius 2 is 1.94 bits per heavy atom. The molecule has 0 unspecified atom stereocenters. The van der Waals surface area contributed by atoms with Crippen molar-refractivity contribution in [2.24, 2.45) is 5.41 Å². The summed E-state index contributed by atoms with van der Waals surface area (Å²) in [5, 5.41) is 18.6. The van der Waals surface area contributed by atoms with Crippen LogP contribution in [0.4, 0.5) is 6.01 Å². The predicted molar refractivity (Wildman–Crippen MR) is 69.6 cm³/mol. The quantitative estimate of drug-likeness (QED) is 0.836. The van der Waals surface area contributed by atoms with Gasteiger partial charge in [-0.05, 0) is 12.1 Å². The second-order valence-corrected chi connectivity index (χ2v) is 4.95. The third-order valence-electron chi connectivity index (χ3n) is 2.99. The number of para-hydroxylation sites is 2. The van der Waals surface area contributed by atoms with E-state index in [2.05, 4.69) is 4.98 Å². The fraction of sp³-hybridized carbons (Fsp3) is 0.462. The van der Waals surface area contributed by atoms with Gasteiger partial charge in [0.05, 0.1) is 13.2 Å². The molecule has 0 spiro atoms. The number of anilines is 1. The standard InChI is InChI=1S/C13H18N2O3/c1-13(8-16,9-17)7-15(2)12-14-10-5-3-4-6-11(10)18-12/h3-6,16-17H,7-9H2,1-2H3. The zero-order chi connectivity index (χ0) is 13.2. The highest BCUT2D eigenvalue weighted by Crippen LogP contribution is 2.24. The molecule has 5 heteroatoms. The fourth-order valence-corrected chi connectivity index (χ4v) is 1.81. The van der Waals surface area contributed by atoms with Gasteiger partial charge in [0.2, 0.25) is 0 Å². The Hall–Kier alpha value is -1.59. The van der Waals surface area contributed by atoms with Crippen LogP contribution in [0.2, 0.25) is 0 Å². The number of aliphatic hydroxyl groups is 2. The SMILES string of the molecule is CN(CC(C)(CO)CO)c1nc2ccccc2o1. The van der Waals surface area contributed by atoms with Crippen LogP contribution in [-0.2, 0) is 0 Å². The Labute approximate surface area is 106 Å². The Kier molecular flexibility index (Phi) is 3.54. The number of fused-ring (bicyclic) bond motifs is 1. The van der Waals surface area contributed by atoms with Crippen LogP contribution in [0.1, 0.15) is 6.92 Å². The number of hydrogen-bond donors (Lipinski definition) is 2. The van der Waals surface area contributed by atoms with Crippen molar-refractivity contribution in [3.05, 3.63) is 24.3 Å². The van der Waals surface area contributed by atoms with E-state index in [-0.39, 0.29) is 13.2 Å². The lowest BCUT2D eigenvalue weighted by Crippen LogP contribution is -2.39. The highest BCUT2D eigenvalue weighted by molar-refractivity contribution is 5.74. The number of oxazole rings is 1. The van der Waals surface area contributed by atoms with Crippen molar-refractivity contribution in [1.82, 2.24) is 4.98 Å². The molecule has 0 aliphatic heterocycles. The summed E-state index contributed by atoms with van der Waals surface area (Å²) in [6, 6.07) is 8.03. The molecule has 0 saturated carbocycles. The van der Waals surface area contributed by atoms with Gasteiger partial charge in [-0.15, -0.1) is 0 Å². The molecule has 98 valence electrons. The zero-order valence-electron chi connectivity index (χ0n) is 10.6. The molecule has 0 aliphatic rings. The van der Waals surface area contributed by atoms with E-state index in [1.807, 2.05) is 38.2 Å². The molecule has 1 heterocycles. The number of aromatic nitrogens is 1. The van der Waals surface area contributed by atoms with Crippen molar-refractivity contribution in [2.45, 2.75) is 6.92 Å². The summed E-state index contributed by atoms with van der Waals surface area (Å²) in [6.07, 6.45) is 0. The van der Waals surface area contributed by atoms with Crippen LogP contribution < -0.4 is 4.90 Å². The van der Waals surface area contributed by atoms with E-state index in [0.717, 1.165) is 11.1 Å². The maximum atomic E-state index is 9.28. The van der Waals surface area contributed by atoms with Crippen molar-refractivity contribution in [3.8, 4) is 0 Å². The molecule has 2 aromatic rings. The largest absolute Gasteiger partial charge is 0.423 e. The molecule has 0 aliphatic carbocycles. The fourth-order valence-electron chi connectivity index (χ4n) is 1.81. The van der Waals surface area contributed by atoms with E-state index < -0.39 is 5.41 Å². The number of hydrogen-bond acceptors (Lipinski definition) is 5. The van der Waals surface area contributed by atoms with Gasteiger partial charge in [0, 0.05) is 19.0 Å². The van der Waals surface area contributed by atoms with Crippen molar-refractivity contribution in [2.75, 3.05) is 31.7 Å². The summed E-state index contributed by atoms with van der Waals surface area (Å²) in [6.45, 7) is 2.10. The third-order valence-corrected chi connectivity index (χ3v) is 2.99. The smallest absolute Gasteiger partial charge is 0.298 e. The van der Waals surface area contributed by atoms with Gasteiger partial charge in [0.1, 0.15) is 5.52 Å². The lowest BCUT2D eigenvalue weighted by Gasteiger charge is -2.29. The minimum Gasteiger partial charge on any atom is -0.423 e. The summed E-state index contributed by atoms with van der Waals surface area (Å²) in [4.78, 5) is 6.16. The molecule has 0 saturated heterocycles. The second-order valence-electron chi connectivity index (χ2n) is 4.95. The molecule has 0 atom stereocenters. The van der Waals surface area contributed by atoms with E-state index in [1.165, 1.54) is 0 Å². The van der Waals surface area contributed by atoms with E-state index in [0.29, 0.717) is 12.6 Å². The zero-order valence-corrected chi connectivity index (χ0v) is 10.6. The summed E-state index contributed by atoms with van der Waals surface area (Å²) >= 11 is 0. The molecule has 5 nitrogen and oxygen atoms in total. The maximum absolute atomic E-state index is 9.28. The minimum atomic E-state index is -0.574. The number of benzene rings is 1. The van der Waals surface area contributed by atoms with Gasteiger partial charge >= 0.3 is 0 Å². The molecule has 2 rings (SSSR count). The molecular formula is C13H18N2O3. The third kappa shape index (κ3) is 2.47. The van der Waals surface area contributed by atoms with E-state index in [1.54, 1.807) is 4.90 Å². The minimum absolute atomic E-state index is 0.0892. The van der Waals surface area contributed by atoms with Crippen LogP contribution in [0.5, 0.6) is 0 Å². The number of aliphatic hydroxyl groups excluding tert-OH is 2. The van der Waals surface area contributed by atoms with Crippen LogP contribution in [0.25, 0.3) is 11.1 Å². The molecule has 18 heavy (non-hydrogen) atoms. The van der Waals surface area contributed by atoms with Crippen molar-refractivity contribution in [1.29, 1.82) is 0 Å². The van der Waals surface area contributed by atoms with Crippen LogP contribution in [-0.4, -0.2) is 42.0 Å². The molecule has 0 radical (unpaired) electrons. The molecule has 1 aromatic heterocycles. The first kappa shape index (κ1) is 12.9. The average Bonchev–Trinajstić information content (AvgIpc) is 2.82. The molecule has 2 N–H and O–H groups in total. The molecule has 1 aromatic carbocycles. The van der Waals surface area contributed by atoms with Gasteiger partial charge in [-0.3, -0.25) is 0 Å². The first-order valence-electron chi connectivity index (χ1n) is 5.86. The van der Waals surface area contributed by atoms with Crippen molar-refractivity contribution in [3.63, 3.8) is 0 Å². The first-order valence-corrected chi connectivity index (χ1v) is 5.86. The monoisotopic (exact) mass is 250 g/mol. The Morgan fingerprint density at radius 3 is 2.56 bits per heavy atom. The Balaban J connectivity index is 2.20. The predicted octanol–water partition coefficient (Wildman–Crippen LogP) is 1.25. The van der Waals surface area contributed by atoms with Crippen LogP contribution >= 0.6 is 0 Å². The highest BCUT2D eigenvalue weighted by atomic mass is 16.4. The Bertz CT molecular complexity index is 487. The number of nitrogens with zero attached hydrogens (tertiary/aromatic N) is 2. The topological polar surface area (TPSA) is 69.7 Å². The van der Waals surface area contributed by atoms with Crippen molar-refractivity contribution >= 4 is 17.1 Å². The van der Waals surface area contributed by atoms with Crippen LogP contribution in [0.3, 0.4) is 0 Å². The Morgan fingerprint density at radius 1 is 1.28 bits per heavy atom. The van der Waals surface area contributed by atoms with E-state index in [9.17, 15) is 10.2 Å². The van der Waals surface area contributed by atoms with Gasteiger partial charge in [-0.25, -0.2) is 0 Å². The maximum Gasteiger partial charge on any atom is 0.298 e. The molecule has 0 amide bonds. The van der Waals surface area contributed by atoms with Gasteiger partial charge in [0.15, 0.2) is 5.58 Å². The lowest BCUT2D eigenvalue weighted by molar-refractivity contribution is 0.0756. The summed E-state index contributed by atoms with van der Waals surface area (Å²) in [7, 11) is 1.83. The average molecular weight is 250 g/mol. The molecule has 0 fully saturated rings. The summed E-state index contributed by atoms with van der Waals surface area (Å²) in [5.41, 5.74) is 0.957. The summed E-state index contributed by atoms with van der Waals surface area (Å²) in [5.74, 6) is 0. The normalized spacial score (nSPS) is 12.0. The second kappa shape index (κ2) is 4.96. The van der Waals surface area contributed by atoms with Crippen LogP contribution in [0.15, 0.2) is 28.7 Å². The molecule has 0 bridgehead atoms. The van der Waals surface area contributed by atoms with E-state index in [4.69, 9.17) is 4.42 Å². The molecular weight excluding hydrogens is 232 g/mol. The lowest BCUT2D eigenvalue weighted by atomic mass is 9.93. The summed E-state index contributed by atoms with van der Waals surface area (Å²) < 4.78 is 5.62.